The number of rotatable bonds is 3. The highest BCUT2D eigenvalue weighted by atomic mass is 19.3. The van der Waals surface area contributed by atoms with E-state index >= 15 is 0 Å². The average molecular weight is 280 g/mol. The number of nitrogens with two attached hydrogens (primary N) is 2. The number of aliphatic imine (C=N–C) groups is 1. The maximum Gasteiger partial charge on any atom is 0.264 e. The van der Waals surface area contributed by atoms with E-state index < -0.39 is 6.43 Å². The molecule has 0 radical (unpaired) electrons. The van der Waals surface area contributed by atoms with Gasteiger partial charge in [-0.1, -0.05) is 0 Å². The fourth-order valence-corrected chi connectivity index (χ4v) is 2.45. The summed E-state index contributed by atoms with van der Waals surface area (Å²) in [7, 11) is 1.57. The van der Waals surface area contributed by atoms with Crippen LogP contribution < -0.4 is 16.6 Å². The highest BCUT2D eigenvalue weighted by Crippen LogP contribution is 2.35. The van der Waals surface area contributed by atoms with Crippen molar-refractivity contribution in [2.24, 2.45) is 16.6 Å². The first kappa shape index (κ1) is 14.5. The van der Waals surface area contributed by atoms with E-state index in [0.29, 0.717) is 23.4 Å². The van der Waals surface area contributed by atoms with Gasteiger partial charge in [0.25, 0.3) is 6.43 Å². The highest BCUT2D eigenvalue weighted by Gasteiger charge is 2.22. The number of anilines is 1. The lowest BCUT2D eigenvalue weighted by atomic mass is 9.93. The summed E-state index contributed by atoms with van der Waals surface area (Å²) in [6.45, 7) is 0.672. The molecule has 0 unspecified atom stereocenters. The maximum absolute atomic E-state index is 13.3. The Kier molecular flexibility index (Phi) is 4.34. The van der Waals surface area contributed by atoms with Gasteiger partial charge in [-0.15, -0.1) is 0 Å². The standard InChI is InChI=1S/C14H18F2N4/c1-19-8-10(7-17)11-5-9-3-2-4-20(18)13(9)6-12(11)14(15)16/h5-8,14H,2-4,17-18H2,1H3. The van der Waals surface area contributed by atoms with E-state index in [2.05, 4.69) is 4.99 Å². The molecule has 0 aliphatic carbocycles. The van der Waals surface area contributed by atoms with Crippen molar-refractivity contribution in [3.05, 3.63) is 35.0 Å². The van der Waals surface area contributed by atoms with Crippen molar-refractivity contribution in [3.8, 4) is 0 Å². The van der Waals surface area contributed by atoms with Crippen LogP contribution >= 0.6 is 0 Å². The maximum atomic E-state index is 13.3. The van der Waals surface area contributed by atoms with Crippen LogP contribution in [0.2, 0.25) is 0 Å². The van der Waals surface area contributed by atoms with Gasteiger partial charge in [-0.2, -0.15) is 0 Å². The molecular weight excluding hydrogens is 262 g/mol. The normalized spacial score (nSPS) is 16.1. The molecule has 1 aliphatic heterocycles. The molecule has 4 nitrogen and oxygen atoms in total. The number of hydrogen-bond acceptors (Lipinski definition) is 4. The molecule has 0 atom stereocenters. The Balaban J connectivity index is 2.61. The molecule has 0 aromatic heterocycles. The lowest BCUT2D eigenvalue weighted by Crippen LogP contribution is -2.35. The molecular formula is C14H18F2N4. The van der Waals surface area contributed by atoms with Crippen LogP contribution in [0.25, 0.3) is 5.57 Å². The molecule has 20 heavy (non-hydrogen) atoms. The number of nitrogens with zero attached hydrogens (tertiary/aromatic N) is 2. The predicted octanol–water partition coefficient (Wildman–Crippen LogP) is 2.25. The van der Waals surface area contributed by atoms with Gasteiger partial charge in [-0.05, 0) is 36.1 Å². The molecule has 1 aromatic rings. The Morgan fingerprint density at radius 2 is 2.20 bits per heavy atom. The quantitative estimate of drug-likeness (QED) is 0.659. The van der Waals surface area contributed by atoms with E-state index in [1.54, 1.807) is 13.1 Å². The van der Waals surface area contributed by atoms with E-state index in [9.17, 15) is 8.78 Å². The molecule has 1 heterocycles. The van der Waals surface area contributed by atoms with Gasteiger partial charge < -0.3 is 10.7 Å². The zero-order chi connectivity index (χ0) is 14.7. The summed E-state index contributed by atoms with van der Waals surface area (Å²) in [5, 5.41) is 1.52. The minimum absolute atomic E-state index is 0.0716. The smallest absolute Gasteiger partial charge is 0.264 e. The van der Waals surface area contributed by atoms with Crippen LogP contribution in [0.5, 0.6) is 0 Å². The van der Waals surface area contributed by atoms with Crippen LogP contribution in [-0.4, -0.2) is 19.8 Å². The summed E-state index contributed by atoms with van der Waals surface area (Å²) in [6, 6.07) is 3.21. The van der Waals surface area contributed by atoms with Crippen molar-refractivity contribution in [1.29, 1.82) is 0 Å². The number of halogens is 2. The van der Waals surface area contributed by atoms with E-state index in [0.717, 1.165) is 18.4 Å². The lowest BCUT2D eigenvalue weighted by Gasteiger charge is -2.28. The second-order valence-corrected chi connectivity index (χ2v) is 4.68. The number of hydrazine groups is 1. The van der Waals surface area contributed by atoms with Crippen LogP contribution in [0.4, 0.5) is 14.5 Å². The second-order valence-electron chi connectivity index (χ2n) is 4.68. The molecule has 6 heteroatoms. The van der Waals surface area contributed by atoms with Crippen molar-refractivity contribution in [2.75, 3.05) is 18.6 Å². The number of alkyl halides is 2. The Morgan fingerprint density at radius 1 is 1.45 bits per heavy atom. The minimum atomic E-state index is -2.59. The SMILES string of the molecule is CN=CC(=CN)c1cc2c(cc1C(F)F)N(N)CCC2. The van der Waals surface area contributed by atoms with Crippen molar-refractivity contribution >= 4 is 17.5 Å². The summed E-state index contributed by atoms with van der Waals surface area (Å²) in [5.74, 6) is 5.86. The number of aryl methyl sites for hydroxylation is 1. The van der Waals surface area contributed by atoms with Gasteiger partial charge in [0, 0.05) is 37.1 Å². The molecule has 0 saturated carbocycles. The molecule has 1 aliphatic rings. The number of hydrogen-bond donors (Lipinski definition) is 2. The zero-order valence-corrected chi connectivity index (χ0v) is 11.3. The van der Waals surface area contributed by atoms with Gasteiger partial charge in [0.05, 0.1) is 5.69 Å². The monoisotopic (exact) mass is 280 g/mol. The summed E-state index contributed by atoms with van der Waals surface area (Å²) in [4.78, 5) is 3.86. The third-order valence-electron chi connectivity index (χ3n) is 3.40. The molecule has 2 rings (SSSR count). The fraction of sp³-hybridized carbons (Fsp3) is 0.357. The molecule has 0 bridgehead atoms. The van der Waals surface area contributed by atoms with Crippen molar-refractivity contribution in [2.45, 2.75) is 19.3 Å². The molecule has 4 N–H and O–H groups in total. The Bertz CT molecular complexity index is 552. The first-order valence-electron chi connectivity index (χ1n) is 6.40. The van der Waals surface area contributed by atoms with Gasteiger partial charge in [0.2, 0.25) is 0 Å². The third kappa shape index (κ3) is 2.65. The third-order valence-corrected chi connectivity index (χ3v) is 3.40. The van der Waals surface area contributed by atoms with Crippen LogP contribution in [0.3, 0.4) is 0 Å². The van der Waals surface area contributed by atoms with Gasteiger partial charge in [0.1, 0.15) is 0 Å². The largest absolute Gasteiger partial charge is 0.404 e. The van der Waals surface area contributed by atoms with Gasteiger partial charge in [0.15, 0.2) is 0 Å². The van der Waals surface area contributed by atoms with E-state index in [-0.39, 0.29) is 5.56 Å². The summed E-state index contributed by atoms with van der Waals surface area (Å²) < 4.78 is 26.6. The number of benzene rings is 1. The van der Waals surface area contributed by atoms with Crippen molar-refractivity contribution in [1.82, 2.24) is 0 Å². The van der Waals surface area contributed by atoms with Crippen molar-refractivity contribution < 1.29 is 8.78 Å². The summed E-state index contributed by atoms with van der Waals surface area (Å²) >= 11 is 0. The van der Waals surface area contributed by atoms with E-state index in [4.69, 9.17) is 11.6 Å². The topological polar surface area (TPSA) is 67.6 Å². The number of fused-ring (bicyclic) bond motifs is 1. The second kappa shape index (κ2) is 6.00. The minimum Gasteiger partial charge on any atom is -0.404 e. The summed E-state index contributed by atoms with van der Waals surface area (Å²) in [5.41, 5.74) is 7.99. The van der Waals surface area contributed by atoms with Crippen LogP contribution in [-0.2, 0) is 6.42 Å². The zero-order valence-electron chi connectivity index (χ0n) is 11.3. The molecule has 108 valence electrons. The van der Waals surface area contributed by atoms with Crippen LogP contribution in [0, 0.1) is 0 Å². The Morgan fingerprint density at radius 3 is 2.80 bits per heavy atom. The molecule has 0 fully saturated rings. The van der Waals surface area contributed by atoms with Gasteiger partial charge in [-0.3, -0.25) is 4.99 Å². The predicted molar refractivity (Wildman–Crippen MR) is 77.8 cm³/mol. The van der Waals surface area contributed by atoms with Gasteiger partial charge in [-0.25, -0.2) is 14.6 Å². The fourth-order valence-electron chi connectivity index (χ4n) is 2.45. The molecule has 0 amide bonds. The van der Waals surface area contributed by atoms with Gasteiger partial charge >= 0.3 is 0 Å². The lowest BCUT2D eigenvalue weighted by molar-refractivity contribution is 0.151. The van der Waals surface area contributed by atoms with Crippen molar-refractivity contribution in [3.63, 3.8) is 0 Å². The summed E-state index contributed by atoms with van der Waals surface area (Å²) in [6.07, 6.45) is 1.91. The van der Waals surface area contributed by atoms with E-state index in [1.807, 2.05) is 0 Å². The van der Waals surface area contributed by atoms with Crippen LogP contribution in [0.15, 0.2) is 23.3 Å². The van der Waals surface area contributed by atoms with Crippen LogP contribution in [0.1, 0.15) is 29.5 Å². The van der Waals surface area contributed by atoms with E-state index in [1.165, 1.54) is 23.5 Å². The Hall–Kier alpha value is -1.95. The number of allylic oxidation sites excluding steroid dienone is 1. The molecule has 0 saturated heterocycles. The molecule has 1 aromatic carbocycles. The highest BCUT2D eigenvalue weighted by molar-refractivity contribution is 6.10. The molecule has 0 spiro atoms. The Labute approximate surface area is 116 Å². The first-order chi connectivity index (χ1) is 9.58. The average Bonchev–Trinajstić information content (AvgIpc) is 2.44. The first-order valence-corrected chi connectivity index (χ1v) is 6.40.